The molecule has 0 aliphatic heterocycles. The molecule has 0 atom stereocenters. The van der Waals surface area contributed by atoms with Gasteiger partial charge in [0.05, 0.1) is 10.4 Å². The highest BCUT2D eigenvalue weighted by molar-refractivity contribution is 7.27. The molecule has 220 valence electrons. The fraction of sp³-hybridized carbons (Fsp3) is 0. The van der Waals surface area contributed by atoms with Gasteiger partial charge in [-0.25, -0.2) is 0 Å². The van der Waals surface area contributed by atoms with Crippen LogP contribution in [0.25, 0.3) is 73.0 Å². The van der Waals surface area contributed by atoms with Crippen LogP contribution in [0.1, 0.15) is 0 Å². The predicted molar refractivity (Wildman–Crippen MR) is 207 cm³/mol. The molecule has 8 aromatic carbocycles. The largest absolute Gasteiger partial charge is 0.309 e. The molecule has 10 rings (SSSR count). The van der Waals surface area contributed by atoms with Gasteiger partial charge in [-0.1, -0.05) is 127 Å². The Morgan fingerprint density at radius 3 is 1.83 bits per heavy atom. The van der Waals surface area contributed by atoms with E-state index in [9.17, 15) is 0 Å². The highest BCUT2D eigenvalue weighted by Crippen LogP contribution is 2.47. The van der Waals surface area contributed by atoms with Gasteiger partial charge in [0.25, 0.3) is 0 Å². The molecule has 0 saturated carbocycles. The molecule has 0 aliphatic carbocycles. The van der Waals surface area contributed by atoms with Crippen molar-refractivity contribution in [2.24, 2.45) is 0 Å². The van der Waals surface area contributed by atoms with Crippen molar-refractivity contribution in [2.75, 3.05) is 4.90 Å². The first-order valence-electron chi connectivity index (χ1n) is 15.9. The molecule has 1 nitrogen and oxygen atoms in total. The minimum absolute atomic E-state index is 1.14. The third-order valence-corrected chi connectivity index (χ3v) is 11.9. The van der Waals surface area contributed by atoms with E-state index in [1.54, 1.807) is 0 Å². The average molecular weight is 634 g/mol. The zero-order chi connectivity index (χ0) is 30.9. The lowest BCUT2D eigenvalue weighted by Crippen LogP contribution is -2.10. The summed E-state index contributed by atoms with van der Waals surface area (Å²) in [6, 6.07) is 60.1. The summed E-state index contributed by atoms with van der Waals surface area (Å²) in [4.78, 5) is 2.45. The van der Waals surface area contributed by atoms with Crippen LogP contribution in [0.3, 0.4) is 0 Å². The van der Waals surface area contributed by atoms with Crippen LogP contribution in [0, 0.1) is 0 Å². The molecular formula is C44H27NS2. The van der Waals surface area contributed by atoms with Crippen molar-refractivity contribution in [3.63, 3.8) is 0 Å². The van der Waals surface area contributed by atoms with Crippen LogP contribution in [0.4, 0.5) is 17.1 Å². The maximum absolute atomic E-state index is 2.45. The van der Waals surface area contributed by atoms with Gasteiger partial charge in [0, 0.05) is 47.0 Å². The van der Waals surface area contributed by atoms with Gasteiger partial charge in [-0.15, -0.1) is 22.7 Å². The highest BCUT2D eigenvalue weighted by Gasteiger charge is 2.20. The van der Waals surface area contributed by atoms with Crippen molar-refractivity contribution in [2.45, 2.75) is 0 Å². The summed E-state index contributed by atoms with van der Waals surface area (Å²) in [5, 5.41) is 10.4. The summed E-state index contributed by atoms with van der Waals surface area (Å²) < 4.78 is 5.27. The summed E-state index contributed by atoms with van der Waals surface area (Å²) in [5.74, 6) is 0. The summed E-state index contributed by atoms with van der Waals surface area (Å²) in [7, 11) is 0. The lowest BCUT2D eigenvalue weighted by atomic mass is 9.98. The second-order valence-electron chi connectivity index (χ2n) is 12.1. The molecule has 0 bridgehead atoms. The maximum Gasteiger partial charge on any atom is 0.0640 e. The van der Waals surface area contributed by atoms with Crippen molar-refractivity contribution >= 4 is 102 Å². The number of hydrogen-bond acceptors (Lipinski definition) is 3. The molecule has 0 spiro atoms. The van der Waals surface area contributed by atoms with E-state index in [1.807, 2.05) is 22.7 Å². The Hall–Kier alpha value is -5.48. The molecule has 47 heavy (non-hydrogen) atoms. The van der Waals surface area contributed by atoms with Gasteiger partial charge in [-0.2, -0.15) is 0 Å². The number of rotatable bonds is 4. The summed E-state index contributed by atoms with van der Waals surface area (Å²) in [5.41, 5.74) is 5.98. The van der Waals surface area contributed by atoms with Gasteiger partial charge in [-0.3, -0.25) is 0 Å². The topological polar surface area (TPSA) is 3.24 Å². The van der Waals surface area contributed by atoms with Crippen LogP contribution < -0.4 is 4.90 Å². The summed E-state index contributed by atoms with van der Waals surface area (Å²) in [6.07, 6.45) is 0. The van der Waals surface area contributed by atoms with Crippen LogP contribution in [-0.4, -0.2) is 0 Å². The quantitative estimate of drug-likeness (QED) is 0.186. The molecule has 10 aromatic rings. The van der Waals surface area contributed by atoms with Gasteiger partial charge in [-0.05, 0) is 69.1 Å². The molecule has 0 aliphatic rings. The molecule has 2 aromatic heterocycles. The van der Waals surface area contributed by atoms with Crippen molar-refractivity contribution in [1.29, 1.82) is 0 Å². The van der Waals surface area contributed by atoms with E-state index < -0.39 is 0 Å². The average Bonchev–Trinajstić information content (AvgIpc) is 3.71. The third kappa shape index (κ3) is 4.21. The van der Waals surface area contributed by atoms with E-state index in [2.05, 4.69) is 169 Å². The van der Waals surface area contributed by atoms with E-state index in [0.717, 1.165) is 11.4 Å². The van der Waals surface area contributed by atoms with E-state index in [0.29, 0.717) is 0 Å². The maximum atomic E-state index is 2.45. The SMILES string of the molecule is c1ccc2c(-c3ccc(N(c4ccc5c(c4)sc4c6ccccc6ccc54)c4cccc5c4sc4ccccc45)cc3)cccc2c1. The van der Waals surface area contributed by atoms with Crippen molar-refractivity contribution in [3.8, 4) is 11.1 Å². The van der Waals surface area contributed by atoms with E-state index in [4.69, 9.17) is 0 Å². The number of hydrogen-bond donors (Lipinski definition) is 0. The zero-order valence-corrected chi connectivity index (χ0v) is 27.0. The summed E-state index contributed by atoms with van der Waals surface area (Å²) in [6.45, 7) is 0. The van der Waals surface area contributed by atoms with Crippen LogP contribution in [0.2, 0.25) is 0 Å². The monoisotopic (exact) mass is 633 g/mol. The molecule has 0 unspecified atom stereocenters. The van der Waals surface area contributed by atoms with E-state index in [-0.39, 0.29) is 0 Å². The second-order valence-corrected chi connectivity index (χ2v) is 14.2. The number of nitrogens with zero attached hydrogens (tertiary/aromatic N) is 1. The molecule has 0 fully saturated rings. The fourth-order valence-electron chi connectivity index (χ4n) is 7.23. The molecule has 0 radical (unpaired) electrons. The van der Waals surface area contributed by atoms with Crippen LogP contribution >= 0.6 is 22.7 Å². The Morgan fingerprint density at radius 2 is 0.957 bits per heavy atom. The zero-order valence-electron chi connectivity index (χ0n) is 25.4. The summed E-state index contributed by atoms with van der Waals surface area (Å²) >= 11 is 3.77. The Bertz CT molecular complexity index is 2800. The van der Waals surface area contributed by atoms with Gasteiger partial charge in [0.2, 0.25) is 0 Å². The number of benzene rings is 8. The molecule has 3 heteroatoms. The molecular weight excluding hydrogens is 607 g/mol. The molecule has 0 amide bonds. The van der Waals surface area contributed by atoms with Gasteiger partial charge >= 0.3 is 0 Å². The van der Waals surface area contributed by atoms with Gasteiger partial charge in [0.15, 0.2) is 0 Å². The van der Waals surface area contributed by atoms with Gasteiger partial charge in [0.1, 0.15) is 0 Å². The van der Waals surface area contributed by atoms with Crippen LogP contribution in [0.5, 0.6) is 0 Å². The first-order chi connectivity index (χ1) is 23.3. The first-order valence-corrected chi connectivity index (χ1v) is 17.6. The normalized spacial score (nSPS) is 11.8. The van der Waals surface area contributed by atoms with Crippen molar-refractivity contribution < 1.29 is 0 Å². The molecule has 0 N–H and O–H groups in total. The van der Waals surface area contributed by atoms with E-state index >= 15 is 0 Å². The smallest absolute Gasteiger partial charge is 0.0640 e. The number of anilines is 3. The minimum Gasteiger partial charge on any atom is -0.309 e. The second kappa shape index (κ2) is 10.5. The van der Waals surface area contributed by atoms with Gasteiger partial charge < -0.3 is 4.90 Å². The molecule has 2 heterocycles. The third-order valence-electron chi connectivity index (χ3n) is 9.46. The number of thiophene rings is 2. The Kier molecular flexibility index (Phi) is 5.98. The van der Waals surface area contributed by atoms with Crippen molar-refractivity contribution in [1.82, 2.24) is 0 Å². The highest BCUT2D eigenvalue weighted by atomic mass is 32.1. The Balaban J connectivity index is 1.19. The fourth-order valence-corrected chi connectivity index (χ4v) is 9.71. The lowest BCUT2D eigenvalue weighted by molar-refractivity contribution is 1.31. The van der Waals surface area contributed by atoms with Crippen LogP contribution in [0.15, 0.2) is 164 Å². The van der Waals surface area contributed by atoms with Crippen LogP contribution in [-0.2, 0) is 0 Å². The van der Waals surface area contributed by atoms with E-state index in [1.165, 1.54) is 78.7 Å². The standard InChI is InChI=1S/C44H27NS2/c1-3-12-33-28(9-1)11-7-15-34(33)30-19-22-31(23-20-30)45(40-17-8-16-38-36-14-5-6-18-41(36)46-44(38)40)32-24-26-37-39-25-21-29-10-2-4-13-35(29)43(39)47-42(37)27-32/h1-27H. The first kappa shape index (κ1) is 26.7. The number of fused-ring (bicyclic) bond motifs is 9. The molecule has 0 saturated heterocycles. The minimum atomic E-state index is 1.14. The Labute approximate surface area is 280 Å². The van der Waals surface area contributed by atoms with Crippen molar-refractivity contribution in [3.05, 3.63) is 164 Å². The lowest BCUT2D eigenvalue weighted by Gasteiger charge is -2.26. The Morgan fingerprint density at radius 1 is 0.362 bits per heavy atom. The predicted octanol–water partition coefficient (Wildman–Crippen LogP) is 13.9.